The molecule has 0 spiro atoms. The van der Waals surface area contributed by atoms with Gasteiger partial charge in [-0.05, 0) is 101 Å². The number of allylic oxidation sites excluding steroid dienone is 2. The van der Waals surface area contributed by atoms with E-state index in [0.717, 1.165) is 43.4 Å². The lowest BCUT2D eigenvalue weighted by molar-refractivity contribution is 0.170. The number of hydrogen-bond donors (Lipinski definition) is 0. The molecule has 0 aromatic heterocycles. The summed E-state index contributed by atoms with van der Waals surface area (Å²) in [4.78, 5) is 0. The van der Waals surface area contributed by atoms with Gasteiger partial charge in [0, 0.05) is 0 Å². The van der Waals surface area contributed by atoms with Crippen LogP contribution in [-0.4, -0.2) is 6.61 Å². The van der Waals surface area contributed by atoms with Crippen LogP contribution in [0.5, 0.6) is 5.75 Å². The van der Waals surface area contributed by atoms with Crippen molar-refractivity contribution in [1.29, 1.82) is 0 Å². The summed E-state index contributed by atoms with van der Waals surface area (Å²) in [5, 5.41) is 0. The molecule has 2 fully saturated rings. The van der Waals surface area contributed by atoms with Crippen molar-refractivity contribution in [1.82, 2.24) is 0 Å². The van der Waals surface area contributed by atoms with Crippen molar-refractivity contribution >= 4 is 0 Å². The van der Waals surface area contributed by atoms with Gasteiger partial charge in [0.05, 0.1) is 6.61 Å². The summed E-state index contributed by atoms with van der Waals surface area (Å²) in [5.74, 6) is 1.03. The lowest BCUT2D eigenvalue weighted by Gasteiger charge is -2.37. The second kappa shape index (κ2) is 9.01. The molecule has 0 radical (unpaired) electrons. The van der Waals surface area contributed by atoms with E-state index < -0.39 is 11.6 Å². The molecule has 0 unspecified atom stereocenters. The Morgan fingerprint density at radius 1 is 0.923 bits per heavy atom. The highest BCUT2D eigenvalue weighted by Gasteiger charge is 2.32. The minimum absolute atomic E-state index is 0.0281. The van der Waals surface area contributed by atoms with Crippen molar-refractivity contribution in [2.45, 2.75) is 71.1 Å². The monoisotopic (exact) mass is 362 g/mol. The molecule has 0 atom stereocenters. The minimum atomic E-state index is -0.825. The Balaban J connectivity index is 1.57. The summed E-state index contributed by atoms with van der Waals surface area (Å²) in [7, 11) is 0. The Hall–Kier alpha value is -1.38. The molecule has 1 nitrogen and oxygen atoms in total. The van der Waals surface area contributed by atoms with Crippen LogP contribution >= 0.6 is 0 Å². The smallest absolute Gasteiger partial charge is 0.200 e. The van der Waals surface area contributed by atoms with Gasteiger partial charge in [-0.1, -0.05) is 18.2 Å². The van der Waals surface area contributed by atoms with Gasteiger partial charge in [-0.3, -0.25) is 0 Å². The zero-order valence-corrected chi connectivity index (χ0v) is 16.1. The van der Waals surface area contributed by atoms with Crippen LogP contribution in [0, 0.1) is 29.4 Å². The first kappa shape index (κ1) is 19.4. The normalized spacial score (nSPS) is 29.8. The van der Waals surface area contributed by atoms with Gasteiger partial charge < -0.3 is 4.74 Å². The quantitative estimate of drug-likeness (QED) is 0.511. The molecule has 2 aliphatic carbocycles. The van der Waals surface area contributed by atoms with Crippen molar-refractivity contribution in [2.24, 2.45) is 17.8 Å². The van der Waals surface area contributed by atoms with Crippen LogP contribution in [0.2, 0.25) is 0 Å². The molecular weight excluding hydrogens is 330 g/mol. The van der Waals surface area contributed by atoms with E-state index in [9.17, 15) is 8.78 Å². The average molecular weight is 363 g/mol. The van der Waals surface area contributed by atoms with E-state index in [0.29, 0.717) is 12.2 Å². The molecule has 0 N–H and O–H groups in total. The largest absolute Gasteiger partial charge is 0.491 e. The molecular formula is C23H32F2O. The van der Waals surface area contributed by atoms with Crippen molar-refractivity contribution in [3.05, 3.63) is 41.5 Å². The third-order valence-corrected chi connectivity index (χ3v) is 6.54. The van der Waals surface area contributed by atoms with Gasteiger partial charge in [0.1, 0.15) is 0 Å². The molecule has 144 valence electrons. The molecule has 2 saturated carbocycles. The van der Waals surface area contributed by atoms with E-state index in [4.69, 9.17) is 4.74 Å². The fraction of sp³-hybridized carbons (Fsp3) is 0.652. The van der Waals surface area contributed by atoms with Gasteiger partial charge in [-0.2, -0.15) is 4.39 Å². The van der Waals surface area contributed by atoms with Crippen molar-refractivity contribution < 1.29 is 13.5 Å². The molecule has 0 aliphatic heterocycles. The molecule has 0 saturated heterocycles. The fourth-order valence-corrected chi connectivity index (χ4v) is 5.11. The van der Waals surface area contributed by atoms with Crippen LogP contribution in [0.3, 0.4) is 0 Å². The van der Waals surface area contributed by atoms with Crippen LogP contribution in [-0.2, 0) is 0 Å². The molecule has 0 bridgehead atoms. The highest BCUT2D eigenvalue weighted by molar-refractivity contribution is 5.33. The third kappa shape index (κ3) is 4.29. The van der Waals surface area contributed by atoms with Crippen molar-refractivity contribution in [2.75, 3.05) is 6.61 Å². The highest BCUT2D eigenvalue weighted by atomic mass is 19.2. The van der Waals surface area contributed by atoms with E-state index in [1.54, 1.807) is 19.1 Å². The average Bonchev–Trinajstić information content (AvgIpc) is 2.67. The molecule has 3 heteroatoms. The topological polar surface area (TPSA) is 9.23 Å². The maximum atomic E-state index is 14.5. The summed E-state index contributed by atoms with van der Waals surface area (Å²) in [6.07, 6.45) is 14.1. The summed E-state index contributed by atoms with van der Waals surface area (Å²) < 4.78 is 33.8. The molecule has 1 aromatic carbocycles. The van der Waals surface area contributed by atoms with Gasteiger partial charge in [-0.15, -0.1) is 0 Å². The van der Waals surface area contributed by atoms with E-state index >= 15 is 0 Å². The Morgan fingerprint density at radius 3 is 2.12 bits per heavy atom. The fourth-order valence-electron chi connectivity index (χ4n) is 5.11. The summed E-state index contributed by atoms with van der Waals surface area (Å²) in [6, 6.07) is 3.32. The zero-order chi connectivity index (χ0) is 18.5. The van der Waals surface area contributed by atoms with Crippen molar-refractivity contribution in [3.63, 3.8) is 0 Å². The van der Waals surface area contributed by atoms with Gasteiger partial charge in [-0.25, -0.2) is 4.39 Å². The predicted octanol–water partition coefficient (Wildman–Crippen LogP) is 7.02. The van der Waals surface area contributed by atoms with Crippen LogP contribution < -0.4 is 4.74 Å². The van der Waals surface area contributed by atoms with Crippen LogP contribution in [0.1, 0.15) is 76.7 Å². The standard InChI is InChI=1S/C23H32F2O/c1-3-5-16-6-8-17(9-7-16)18-10-12-19(13-11-18)20-14-15-21(26-4-2)23(25)22(20)24/h3,5,14-19H,4,6-13H2,1-2H3. The Bertz CT molecular complexity index is 609. The third-order valence-electron chi connectivity index (χ3n) is 6.54. The van der Waals surface area contributed by atoms with Crippen LogP contribution in [0.4, 0.5) is 8.78 Å². The molecule has 1 aromatic rings. The number of halogens is 2. The van der Waals surface area contributed by atoms with Gasteiger partial charge in [0.2, 0.25) is 5.82 Å². The van der Waals surface area contributed by atoms with Gasteiger partial charge in [0.25, 0.3) is 0 Å². The Morgan fingerprint density at radius 2 is 1.54 bits per heavy atom. The zero-order valence-electron chi connectivity index (χ0n) is 16.1. The van der Waals surface area contributed by atoms with Crippen molar-refractivity contribution in [3.8, 4) is 5.75 Å². The maximum Gasteiger partial charge on any atom is 0.200 e. The van der Waals surface area contributed by atoms with E-state index in [1.807, 2.05) is 0 Å². The first-order valence-corrected chi connectivity index (χ1v) is 10.4. The number of hydrogen-bond acceptors (Lipinski definition) is 1. The highest BCUT2D eigenvalue weighted by Crippen LogP contribution is 2.45. The van der Waals surface area contributed by atoms with E-state index in [1.165, 1.54) is 25.7 Å². The number of benzene rings is 1. The predicted molar refractivity (Wildman–Crippen MR) is 102 cm³/mol. The lowest BCUT2D eigenvalue weighted by atomic mass is 9.68. The molecule has 0 amide bonds. The Labute approximate surface area is 156 Å². The molecule has 26 heavy (non-hydrogen) atoms. The van der Waals surface area contributed by atoms with Crippen LogP contribution in [0.25, 0.3) is 0 Å². The summed E-state index contributed by atoms with van der Waals surface area (Å²) >= 11 is 0. The second-order valence-electron chi connectivity index (χ2n) is 8.03. The SMILES string of the molecule is CC=CC1CCC(C2CCC(c3ccc(OCC)c(F)c3F)CC2)CC1. The van der Waals surface area contributed by atoms with Gasteiger partial charge in [0.15, 0.2) is 11.6 Å². The summed E-state index contributed by atoms with van der Waals surface area (Å²) in [5.41, 5.74) is 0.543. The van der Waals surface area contributed by atoms with Crippen LogP contribution in [0.15, 0.2) is 24.3 Å². The van der Waals surface area contributed by atoms with E-state index in [2.05, 4.69) is 19.1 Å². The lowest BCUT2D eigenvalue weighted by Crippen LogP contribution is -2.25. The first-order chi connectivity index (χ1) is 12.6. The molecule has 3 rings (SSSR count). The first-order valence-electron chi connectivity index (χ1n) is 10.4. The minimum Gasteiger partial charge on any atom is -0.491 e. The van der Waals surface area contributed by atoms with E-state index in [-0.39, 0.29) is 11.7 Å². The molecule has 0 heterocycles. The summed E-state index contributed by atoms with van der Waals surface area (Å²) in [6.45, 7) is 4.23. The molecule has 2 aliphatic rings. The van der Waals surface area contributed by atoms with Gasteiger partial charge >= 0.3 is 0 Å². The second-order valence-corrected chi connectivity index (χ2v) is 8.03. The Kier molecular flexibility index (Phi) is 6.72. The number of ether oxygens (including phenoxy) is 1. The number of rotatable bonds is 5. The maximum absolute atomic E-state index is 14.5.